The van der Waals surface area contributed by atoms with Crippen LogP contribution >= 0.6 is 0 Å². The van der Waals surface area contributed by atoms with Crippen molar-refractivity contribution in [3.63, 3.8) is 0 Å². The van der Waals surface area contributed by atoms with Gasteiger partial charge >= 0.3 is 0 Å². The van der Waals surface area contributed by atoms with Gasteiger partial charge in [0.15, 0.2) is 0 Å². The lowest BCUT2D eigenvalue weighted by Gasteiger charge is -2.36. The number of ether oxygens (including phenoxy) is 1. The van der Waals surface area contributed by atoms with Crippen LogP contribution in [0.2, 0.25) is 0 Å². The van der Waals surface area contributed by atoms with Crippen molar-refractivity contribution in [2.75, 3.05) is 20.2 Å². The number of nitrogens with one attached hydrogen (secondary N) is 1. The average Bonchev–Trinajstić information content (AvgIpc) is 3.10. The lowest BCUT2D eigenvalue weighted by Crippen LogP contribution is -2.46. The van der Waals surface area contributed by atoms with Crippen LogP contribution in [0.3, 0.4) is 0 Å². The molecule has 0 bridgehead atoms. The number of hydrogen-bond acceptors (Lipinski definition) is 3. The first-order valence-corrected chi connectivity index (χ1v) is 9.42. The number of carbonyl (C=O) groups excluding carboxylic acids is 2. The van der Waals surface area contributed by atoms with Gasteiger partial charge in [0.05, 0.1) is 13.0 Å². The Morgan fingerprint density at radius 1 is 1.31 bits per heavy atom. The van der Waals surface area contributed by atoms with Crippen LogP contribution in [-0.4, -0.2) is 43.0 Å². The van der Waals surface area contributed by atoms with E-state index in [9.17, 15) is 9.59 Å². The molecule has 26 heavy (non-hydrogen) atoms. The summed E-state index contributed by atoms with van der Waals surface area (Å²) in [5.41, 5.74) is 2.39. The first-order chi connectivity index (χ1) is 12.5. The van der Waals surface area contributed by atoms with Crippen molar-refractivity contribution in [3.05, 3.63) is 42.0 Å². The van der Waals surface area contributed by atoms with Crippen molar-refractivity contribution < 1.29 is 14.3 Å². The Morgan fingerprint density at radius 2 is 2.04 bits per heavy atom. The molecule has 5 heteroatoms. The molecule has 1 fully saturated rings. The van der Waals surface area contributed by atoms with Gasteiger partial charge in [0, 0.05) is 19.1 Å². The molecule has 3 rings (SSSR count). The molecule has 0 aromatic heterocycles. The number of carbonyl (C=O) groups is 2. The van der Waals surface area contributed by atoms with Gasteiger partial charge in [0.25, 0.3) is 0 Å². The number of fused-ring (bicyclic) bond motifs is 1. The Morgan fingerprint density at radius 3 is 2.69 bits per heavy atom. The molecule has 2 amide bonds. The lowest BCUT2D eigenvalue weighted by molar-refractivity contribution is -0.134. The van der Waals surface area contributed by atoms with Crippen molar-refractivity contribution in [2.24, 2.45) is 5.92 Å². The van der Waals surface area contributed by atoms with E-state index in [0.29, 0.717) is 5.92 Å². The largest absolute Gasteiger partial charge is 0.497 e. The third-order valence-corrected chi connectivity index (χ3v) is 5.84. The zero-order valence-corrected chi connectivity index (χ0v) is 15.7. The number of aryl methyl sites for hydroxylation is 1. The zero-order chi connectivity index (χ0) is 18.7. The normalized spacial score (nSPS) is 21.0. The summed E-state index contributed by atoms with van der Waals surface area (Å²) in [4.78, 5) is 26.5. The van der Waals surface area contributed by atoms with E-state index in [0.717, 1.165) is 50.1 Å². The van der Waals surface area contributed by atoms with Crippen LogP contribution in [0.25, 0.3) is 0 Å². The van der Waals surface area contributed by atoms with E-state index in [1.54, 1.807) is 7.11 Å². The summed E-state index contributed by atoms with van der Waals surface area (Å²) in [5, 5.41) is 2.95. The molecule has 0 spiro atoms. The van der Waals surface area contributed by atoms with E-state index in [-0.39, 0.29) is 23.8 Å². The van der Waals surface area contributed by atoms with E-state index in [1.165, 1.54) is 11.6 Å². The van der Waals surface area contributed by atoms with Crippen LogP contribution in [-0.2, 0) is 16.0 Å². The molecular weight excluding hydrogens is 328 g/mol. The van der Waals surface area contributed by atoms with Crippen molar-refractivity contribution in [1.82, 2.24) is 10.2 Å². The third-order valence-electron chi connectivity index (χ3n) is 5.84. The van der Waals surface area contributed by atoms with Crippen LogP contribution in [0.15, 0.2) is 30.9 Å². The predicted molar refractivity (Wildman–Crippen MR) is 101 cm³/mol. The lowest BCUT2D eigenvalue weighted by atomic mass is 9.89. The Bertz CT molecular complexity index is 692. The van der Waals surface area contributed by atoms with E-state index in [2.05, 4.69) is 18.0 Å². The minimum Gasteiger partial charge on any atom is -0.497 e. The van der Waals surface area contributed by atoms with E-state index in [1.807, 2.05) is 24.0 Å². The number of methoxy groups -OCH3 is 1. The number of amides is 2. The average molecular weight is 356 g/mol. The minimum absolute atomic E-state index is 0.0228. The number of rotatable bonds is 5. The highest BCUT2D eigenvalue weighted by Crippen LogP contribution is 2.37. The van der Waals surface area contributed by atoms with Gasteiger partial charge in [-0.05, 0) is 67.9 Å². The summed E-state index contributed by atoms with van der Waals surface area (Å²) in [6, 6.07) is 6.15. The summed E-state index contributed by atoms with van der Waals surface area (Å²) >= 11 is 0. The first kappa shape index (κ1) is 18.5. The van der Waals surface area contributed by atoms with Gasteiger partial charge in [-0.25, -0.2) is 0 Å². The second kappa shape index (κ2) is 7.94. The molecule has 1 saturated heterocycles. The number of likely N-dealkylation sites (tertiary alicyclic amines) is 1. The summed E-state index contributed by atoms with van der Waals surface area (Å²) in [7, 11) is 1.67. The summed E-state index contributed by atoms with van der Waals surface area (Å²) < 4.78 is 5.29. The Hall–Kier alpha value is -2.30. The molecule has 1 aromatic rings. The highest BCUT2D eigenvalue weighted by molar-refractivity contribution is 5.87. The fourth-order valence-corrected chi connectivity index (χ4v) is 4.22. The maximum absolute atomic E-state index is 13.0. The summed E-state index contributed by atoms with van der Waals surface area (Å²) in [5.74, 6) is 1.35. The molecule has 1 aliphatic heterocycles. The number of nitrogens with zero attached hydrogens (tertiary/aromatic N) is 1. The van der Waals surface area contributed by atoms with Gasteiger partial charge in [-0.15, -0.1) is 0 Å². The molecule has 0 radical (unpaired) electrons. The van der Waals surface area contributed by atoms with Crippen LogP contribution in [0, 0.1) is 5.92 Å². The van der Waals surface area contributed by atoms with Crippen LogP contribution in [0.1, 0.15) is 43.2 Å². The van der Waals surface area contributed by atoms with Gasteiger partial charge in [0.1, 0.15) is 5.75 Å². The van der Waals surface area contributed by atoms with Crippen molar-refractivity contribution in [2.45, 2.75) is 44.6 Å². The smallest absolute Gasteiger partial charge is 0.243 e. The molecule has 1 N–H and O–H groups in total. The Labute approximate surface area is 155 Å². The third kappa shape index (κ3) is 3.76. The monoisotopic (exact) mass is 356 g/mol. The highest BCUT2D eigenvalue weighted by atomic mass is 16.5. The molecule has 1 aromatic carbocycles. The minimum atomic E-state index is -0.131. The van der Waals surface area contributed by atoms with E-state index < -0.39 is 0 Å². The maximum Gasteiger partial charge on any atom is 0.243 e. The molecule has 140 valence electrons. The topological polar surface area (TPSA) is 58.6 Å². The standard InChI is InChI=1S/C21H28N2O3/c1-4-20(24)22-14(2)15-9-11-23(12-10-15)21(25)19-7-5-16-13-17(26-3)6-8-18(16)19/h4,6,8,13-15,19H,1,5,7,9-12H2,2-3H3,(H,22,24). The van der Waals surface area contributed by atoms with Gasteiger partial charge in [-0.3, -0.25) is 9.59 Å². The molecular formula is C21H28N2O3. The zero-order valence-electron chi connectivity index (χ0n) is 15.7. The van der Waals surface area contributed by atoms with Crippen LogP contribution in [0.5, 0.6) is 5.75 Å². The molecule has 1 aliphatic carbocycles. The second-order valence-corrected chi connectivity index (χ2v) is 7.32. The maximum atomic E-state index is 13.0. The molecule has 5 nitrogen and oxygen atoms in total. The van der Waals surface area contributed by atoms with Gasteiger partial charge in [-0.2, -0.15) is 0 Å². The van der Waals surface area contributed by atoms with Gasteiger partial charge in [0.2, 0.25) is 11.8 Å². The van der Waals surface area contributed by atoms with Crippen LogP contribution < -0.4 is 10.1 Å². The van der Waals surface area contributed by atoms with Crippen molar-refractivity contribution in [1.29, 1.82) is 0 Å². The predicted octanol–water partition coefficient (Wildman–Crippen LogP) is 2.65. The van der Waals surface area contributed by atoms with Gasteiger partial charge < -0.3 is 15.0 Å². The van der Waals surface area contributed by atoms with Crippen LogP contribution in [0.4, 0.5) is 0 Å². The fraction of sp³-hybridized carbons (Fsp3) is 0.524. The highest BCUT2D eigenvalue weighted by Gasteiger charge is 2.34. The van der Waals surface area contributed by atoms with Crippen molar-refractivity contribution >= 4 is 11.8 Å². The Balaban J connectivity index is 1.58. The SMILES string of the molecule is C=CC(=O)NC(C)C1CCN(C(=O)C2CCc3cc(OC)ccc32)CC1. The second-order valence-electron chi connectivity index (χ2n) is 7.32. The molecule has 2 aliphatic rings. The number of piperidine rings is 1. The summed E-state index contributed by atoms with van der Waals surface area (Å²) in [6.45, 7) is 7.05. The number of benzene rings is 1. The van der Waals surface area contributed by atoms with Crippen molar-refractivity contribution in [3.8, 4) is 5.75 Å². The molecule has 2 atom stereocenters. The molecule has 0 saturated carbocycles. The van der Waals surface area contributed by atoms with E-state index >= 15 is 0 Å². The van der Waals surface area contributed by atoms with E-state index in [4.69, 9.17) is 4.74 Å². The van der Waals surface area contributed by atoms with Gasteiger partial charge in [-0.1, -0.05) is 12.6 Å². The Kier molecular flexibility index (Phi) is 5.64. The fourth-order valence-electron chi connectivity index (χ4n) is 4.22. The first-order valence-electron chi connectivity index (χ1n) is 9.42. The molecule has 2 unspecified atom stereocenters. The summed E-state index contributed by atoms with van der Waals surface area (Å²) in [6.07, 6.45) is 4.97. The number of hydrogen-bond donors (Lipinski definition) is 1. The quantitative estimate of drug-likeness (QED) is 0.825. The molecule has 1 heterocycles.